The van der Waals surface area contributed by atoms with Crippen LogP contribution in [0.5, 0.6) is 11.6 Å². The minimum atomic E-state index is -4.86. The van der Waals surface area contributed by atoms with Crippen molar-refractivity contribution in [1.29, 1.82) is 0 Å². The molecule has 1 N–H and O–H groups in total. The molecule has 36 heavy (non-hydrogen) atoms. The Bertz CT molecular complexity index is 1340. The molecule has 13 heteroatoms. The molecule has 0 unspecified atom stereocenters. The van der Waals surface area contributed by atoms with Crippen molar-refractivity contribution < 1.29 is 39.5 Å². The van der Waals surface area contributed by atoms with E-state index in [1.807, 2.05) is 6.92 Å². The van der Waals surface area contributed by atoms with Crippen molar-refractivity contribution in [2.75, 3.05) is 5.75 Å². The molecule has 0 spiro atoms. The molecule has 0 atom stereocenters. The van der Waals surface area contributed by atoms with Gasteiger partial charge in [0.05, 0.1) is 16.8 Å². The molecular formula is C23H21F6N3O3S. The van der Waals surface area contributed by atoms with Gasteiger partial charge in [-0.1, -0.05) is 18.2 Å². The van der Waals surface area contributed by atoms with Gasteiger partial charge in [0, 0.05) is 18.2 Å². The maximum absolute atomic E-state index is 12.8. The van der Waals surface area contributed by atoms with Crippen molar-refractivity contribution in [1.82, 2.24) is 14.5 Å². The van der Waals surface area contributed by atoms with Crippen LogP contribution in [0.15, 0.2) is 54.6 Å². The van der Waals surface area contributed by atoms with Crippen LogP contribution in [-0.2, 0) is 28.3 Å². The maximum atomic E-state index is 12.8. The summed E-state index contributed by atoms with van der Waals surface area (Å²) >= 11 is 0. The molecule has 0 aliphatic heterocycles. The van der Waals surface area contributed by atoms with Crippen LogP contribution < -0.4 is 9.46 Å². The first kappa shape index (κ1) is 26.0. The number of aromatic nitrogens is 2. The number of hydrogen-bond acceptors (Lipinski definition) is 4. The third-order valence-electron chi connectivity index (χ3n) is 5.63. The summed E-state index contributed by atoms with van der Waals surface area (Å²) in [6, 6.07) is 12.4. The Kier molecular flexibility index (Phi) is 6.58. The van der Waals surface area contributed by atoms with Gasteiger partial charge in [-0.2, -0.15) is 26.3 Å². The standard InChI is InChI=1S/C23H21F6N3O3S/c1-2-32-19(13-20(30-32)35-18-8-6-16(7-9-18)23(27,28)29)15-4-3-5-17(12-15)21(10-11-21)31-36(33,34)14-22(24,25)26/h3-9,12-13,31H,2,10-11,14H2,1H3. The van der Waals surface area contributed by atoms with E-state index in [2.05, 4.69) is 9.82 Å². The summed E-state index contributed by atoms with van der Waals surface area (Å²) in [5.74, 6) is -1.68. The third kappa shape index (κ3) is 6.01. The highest BCUT2D eigenvalue weighted by Crippen LogP contribution is 2.47. The lowest BCUT2D eigenvalue weighted by Gasteiger charge is -2.19. The zero-order valence-electron chi connectivity index (χ0n) is 18.8. The van der Waals surface area contributed by atoms with Crippen molar-refractivity contribution in [2.45, 2.75) is 44.2 Å². The first-order valence-electron chi connectivity index (χ1n) is 10.8. The topological polar surface area (TPSA) is 73.2 Å². The van der Waals surface area contributed by atoms with Crippen molar-refractivity contribution >= 4 is 10.0 Å². The van der Waals surface area contributed by atoms with Crippen LogP contribution in [0.2, 0.25) is 0 Å². The smallest absolute Gasteiger partial charge is 0.416 e. The van der Waals surface area contributed by atoms with Crippen LogP contribution in [-0.4, -0.2) is 30.1 Å². The monoisotopic (exact) mass is 533 g/mol. The first-order chi connectivity index (χ1) is 16.7. The zero-order valence-corrected chi connectivity index (χ0v) is 19.6. The minimum Gasteiger partial charge on any atom is -0.438 e. The molecule has 1 fully saturated rings. The van der Waals surface area contributed by atoms with Crippen molar-refractivity contribution in [3.8, 4) is 22.9 Å². The van der Waals surface area contributed by atoms with Gasteiger partial charge in [0.1, 0.15) is 5.75 Å². The molecule has 1 aliphatic carbocycles. The van der Waals surface area contributed by atoms with Gasteiger partial charge < -0.3 is 4.74 Å². The fourth-order valence-electron chi connectivity index (χ4n) is 3.85. The molecule has 1 aliphatic rings. The fraction of sp³-hybridized carbons (Fsp3) is 0.348. The lowest BCUT2D eigenvalue weighted by Crippen LogP contribution is -2.40. The molecular weight excluding hydrogens is 512 g/mol. The van der Waals surface area contributed by atoms with E-state index in [0.717, 1.165) is 12.1 Å². The van der Waals surface area contributed by atoms with Gasteiger partial charge in [0.2, 0.25) is 15.9 Å². The van der Waals surface area contributed by atoms with E-state index in [1.165, 1.54) is 12.1 Å². The van der Waals surface area contributed by atoms with Gasteiger partial charge in [-0.25, -0.2) is 13.1 Å². The predicted octanol–water partition coefficient (Wildman–Crippen LogP) is 5.85. The molecule has 3 aromatic rings. The number of ether oxygens (including phenoxy) is 1. The molecule has 0 bridgehead atoms. The van der Waals surface area contributed by atoms with E-state index in [-0.39, 0.29) is 11.6 Å². The number of aryl methyl sites for hydroxylation is 1. The number of nitrogens with zero attached hydrogens (tertiary/aromatic N) is 2. The van der Waals surface area contributed by atoms with Gasteiger partial charge in [0.15, 0.2) is 5.75 Å². The summed E-state index contributed by atoms with van der Waals surface area (Å²) in [5, 5.41) is 4.31. The van der Waals surface area contributed by atoms with E-state index in [4.69, 9.17) is 4.74 Å². The molecule has 194 valence electrons. The van der Waals surface area contributed by atoms with Crippen LogP contribution in [0.3, 0.4) is 0 Å². The lowest BCUT2D eigenvalue weighted by molar-refractivity contribution is -0.137. The normalized spacial score (nSPS) is 15.6. The van der Waals surface area contributed by atoms with E-state index in [0.29, 0.717) is 36.2 Å². The van der Waals surface area contributed by atoms with E-state index < -0.39 is 39.2 Å². The summed E-state index contributed by atoms with van der Waals surface area (Å²) in [6.45, 7) is 2.23. The molecule has 1 heterocycles. The van der Waals surface area contributed by atoms with Gasteiger partial charge in [-0.05, 0) is 55.7 Å². The Hall–Kier alpha value is -3.06. The fourth-order valence-corrected chi connectivity index (χ4v) is 5.27. The quantitative estimate of drug-likeness (QED) is 0.369. The zero-order chi connectivity index (χ0) is 26.4. The van der Waals surface area contributed by atoms with Crippen LogP contribution in [0.4, 0.5) is 26.3 Å². The van der Waals surface area contributed by atoms with Crippen molar-refractivity contribution in [2.24, 2.45) is 0 Å². The molecule has 6 nitrogen and oxygen atoms in total. The number of hydrogen-bond donors (Lipinski definition) is 1. The summed E-state index contributed by atoms with van der Waals surface area (Å²) in [5.41, 5.74) is -0.219. The van der Waals surface area contributed by atoms with Crippen LogP contribution >= 0.6 is 0 Å². The summed E-state index contributed by atoms with van der Waals surface area (Å²) in [4.78, 5) is 0. The van der Waals surface area contributed by atoms with Crippen molar-refractivity contribution in [3.63, 3.8) is 0 Å². The number of nitrogens with one attached hydrogen (secondary N) is 1. The molecule has 0 amide bonds. The molecule has 0 radical (unpaired) electrons. The SMILES string of the molecule is CCn1nc(Oc2ccc(C(F)(F)F)cc2)cc1-c1cccc(C2(NS(=O)(=O)CC(F)(F)F)CC2)c1. The lowest BCUT2D eigenvalue weighted by atomic mass is 10.0. The van der Waals surface area contributed by atoms with Crippen molar-refractivity contribution in [3.05, 3.63) is 65.7 Å². The highest BCUT2D eigenvalue weighted by molar-refractivity contribution is 7.89. The second-order valence-electron chi connectivity index (χ2n) is 8.45. The number of benzene rings is 2. The van der Waals surface area contributed by atoms with Crippen LogP contribution in [0.25, 0.3) is 11.3 Å². The van der Waals surface area contributed by atoms with Gasteiger partial charge in [-0.3, -0.25) is 4.68 Å². The van der Waals surface area contributed by atoms with E-state index in [9.17, 15) is 34.8 Å². The van der Waals surface area contributed by atoms with Crippen LogP contribution in [0, 0.1) is 0 Å². The first-order valence-corrected chi connectivity index (χ1v) is 12.5. The molecule has 2 aromatic carbocycles. The third-order valence-corrected chi connectivity index (χ3v) is 7.04. The number of alkyl halides is 6. The second-order valence-corrected chi connectivity index (χ2v) is 10.2. The minimum absolute atomic E-state index is 0.129. The van der Waals surface area contributed by atoms with Crippen LogP contribution in [0.1, 0.15) is 30.9 Å². The Balaban J connectivity index is 1.58. The second kappa shape index (κ2) is 9.11. The summed E-state index contributed by atoms with van der Waals surface area (Å²) < 4.78 is 110. The average Bonchev–Trinajstić information content (AvgIpc) is 3.41. The Morgan fingerprint density at radius 2 is 1.69 bits per heavy atom. The Morgan fingerprint density at radius 3 is 2.25 bits per heavy atom. The number of sulfonamides is 1. The van der Waals surface area contributed by atoms with E-state index in [1.54, 1.807) is 35.0 Å². The Labute approximate surface area is 202 Å². The van der Waals surface area contributed by atoms with E-state index >= 15 is 0 Å². The highest BCUT2D eigenvalue weighted by Gasteiger charge is 2.49. The van der Waals surface area contributed by atoms with Gasteiger partial charge in [-0.15, -0.1) is 5.10 Å². The molecule has 1 aromatic heterocycles. The average molecular weight is 533 g/mol. The predicted molar refractivity (Wildman–Crippen MR) is 119 cm³/mol. The summed E-state index contributed by atoms with van der Waals surface area (Å²) in [7, 11) is -4.60. The Morgan fingerprint density at radius 1 is 1.03 bits per heavy atom. The van der Waals surface area contributed by atoms with Gasteiger partial charge in [0.25, 0.3) is 0 Å². The number of halogens is 6. The maximum Gasteiger partial charge on any atom is 0.416 e. The molecule has 0 saturated heterocycles. The number of rotatable bonds is 8. The van der Waals surface area contributed by atoms with Gasteiger partial charge >= 0.3 is 12.4 Å². The highest BCUT2D eigenvalue weighted by atomic mass is 32.2. The largest absolute Gasteiger partial charge is 0.438 e. The summed E-state index contributed by atoms with van der Waals surface area (Å²) in [6.07, 6.45) is -8.63. The molecule has 4 rings (SSSR count). The molecule has 1 saturated carbocycles.